The number of benzene rings is 1. The fraction of sp³-hybridized carbons (Fsp3) is 0.100. The quantitative estimate of drug-likeness (QED) is 0.586. The Morgan fingerprint density at radius 3 is 2.19 bits per heavy atom. The van der Waals surface area contributed by atoms with Crippen molar-refractivity contribution in [1.82, 2.24) is 0 Å². The standard InChI is InChI=1S/C10H8O6/c1-5(11)16-7-4-2-3-6(9(12)13)8(7)10(14)15/h2-4H,1H3,(H,12,13)(H,14,15). The van der Waals surface area contributed by atoms with E-state index in [0.717, 1.165) is 13.0 Å². The third kappa shape index (κ3) is 2.35. The van der Waals surface area contributed by atoms with Gasteiger partial charge in [-0.3, -0.25) is 4.79 Å². The summed E-state index contributed by atoms with van der Waals surface area (Å²) in [5.74, 6) is -3.86. The summed E-state index contributed by atoms with van der Waals surface area (Å²) in [6.45, 7) is 1.10. The van der Waals surface area contributed by atoms with E-state index in [0.29, 0.717) is 0 Å². The van der Waals surface area contributed by atoms with Gasteiger partial charge in [0, 0.05) is 6.92 Å². The Kier molecular flexibility index (Phi) is 3.24. The van der Waals surface area contributed by atoms with Crippen LogP contribution in [0.15, 0.2) is 18.2 Å². The maximum Gasteiger partial charge on any atom is 0.340 e. The van der Waals surface area contributed by atoms with E-state index >= 15 is 0 Å². The largest absolute Gasteiger partial charge is 0.478 e. The second kappa shape index (κ2) is 4.43. The average molecular weight is 224 g/mol. The van der Waals surface area contributed by atoms with Gasteiger partial charge in [-0.1, -0.05) is 6.07 Å². The lowest BCUT2D eigenvalue weighted by Gasteiger charge is -2.07. The Morgan fingerprint density at radius 1 is 1.12 bits per heavy atom. The van der Waals surface area contributed by atoms with Crippen molar-refractivity contribution in [3.63, 3.8) is 0 Å². The first-order valence-electron chi connectivity index (χ1n) is 4.21. The highest BCUT2D eigenvalue weighted by Crippen LogP contribution is 2.22. The summed E-state index contributed by atoms with van der Waals surface area (Å²) in [7, 11) is 0. The van der Waals surface area contributed by atoms with E-state index in [9.17, 15) is 14.4 Å². The Hall–Kier alpha value is -2.37. The molecular formula is C10H8O6. The first kappa shape index (κ1) is 11.7. The summed E-state index contributed by atoms with van der Waals surface area (Å²) in [5, 5.41) is 17.6. The predicted molar refractivity (Wildman–Crippen MR) is 51.7 cm³/mol. The Labute approximate surface area is 90.1 Å². The second-order valence-corrected chi connectivity index (χ2v) is 2.88. The van der Waals surface area contributed by atoms with Gasteiger partial charge in [0.2, 0.25) is 0 Å². The van der Waals surface area contributed by atoms with E-state index in [2.05, 4.69) is 4.74 Å². The number of aromatic carboxylic acids is 2. The monoisotopic (exact) mass is 224 g/mol. The Balaban J connectivity index is 3.38. The highest BCUT2D eigenvalue weighted by atomic mass is 16.5. The van der Waals surface area contributed by atoms with E-state index in [1.54, 1.807) is 0 Å². The van der Waals surface area contributed by atoms with Crippen LogP contribution >= 0.6 is 0 Å². The molecule has 0 aromatic heterocycles. The van der Waals surface area contributed by atoms with Crippen molar-refractivity contribution < 1.29 is 29.3 Å². The summed E-state index contributed by atoms with van der Waals surface area (Å²) >= 11 is 0. The van der Waals surface area contributed by atoms with Gasteiger partial charge in [-0.15, -0.1) is 0 Å². The molecular weight excluding hydrogens is 216 g/mol. The van der Waals surface area contributed by atoms with Crippen molar-refractivity contribution in [2.45, 2.75) is 6.92 Å². The fourth-order valence-corrected chi connectivity index (χ4v) is 1.17. The molecule has 2 N–H and O–H groups in total. The van der Waals surface area contributed by atoms with Crippen molar-refractivity contribution in [3.8, 4) is 5.75 Å². The SMILES string of the molecule is CC(=O)Oc1cccc(C(=O)O)c1C(=O)O. The summed E-state index contributed by atoms with van der Waals surface area (Å²) in [6, 6.07) is 3.64. The van der Waals surface area contributed by atoms with Gasteiger partial charge < -0.3 is 14.9 Å². The van der Waals surface area contributed by atoms with E-state index < -0.39 is 29.0 Å². The molecule has 0 heterocycles. The lowest BCUT2D eigenvalue weighted by atomic mass is 10.1. The second-order valence-electron chi connectivity index (χ2n) is 2.88. The molecule has 0 unspecified atom stereocenters. The number of hydrogen-bond acceptors (Lipinski definition) is 4. The molecule has 6 heteroatoms. The topological polar surface area (TPSA) is 101 Å². The van der Waals surface area contributed by atoms with Crippen LogP contribution in [-0.4, -0.2) is 28.1 Å². The molecule has 0 fully saturated rings. The van der Waals surface area contributed by atoms with Gasteiger partial charge in [-0.25, -0.2) is 9.59 Å². The van der Waals surface area contributed by atoms with Crippen LogP contribution in [-0.2, 0) is 4.79 Å². The molecule has 1 rings (SSSR count). The molecule has 0 radical (unpaired) electrons. The van der Waals surface area contributed by atoms with Crippen LogP contribution in [0.4, 0.5) is 0 Å². The van der Waals surface area contributed by atoms with E-state index in [1.807, 2.05) is 0 Å². The summed E-state index contributed by atoms with van der Waals surface area (Å²) < 4.78 is 4.61. The highest BCUT2D eigenvalue weighted by Gasteiger charge is 2.21. The number of hydrogen-bond donors (Lipinski definition) is 2. The van der Waals surface area contributed by atoms with Crippen LogP contribution in [0.2, 0.25) is 0 Å². The average Bonchev–Trinajstić information content (AvgIpc) is 2.15. The zero-order valence-electron chi connectivity index (χ0n) is 8.26. The van der Waals surface area contributed by atoms with Crippen LogP contribution in [0.25, 0.3) is 0 Å². The summed E-state index contributed by atoms with van der Waals surface area (Å²) in [4.78, 5) is 32.3. The third-order valence-electron chi connectivity index (χ3n) is 1.72. The molecule has 84 valence electrons. The molecule has 0 saturated heterocycles. The molecule has 0 aliphatic rings. The Morgan fingerprint density at radius 2 is 1.75 bits per heavy atom. The van der Waals surface area contributed by atoms with E-state index in [-0.39, 0.29) is 5.75 Å². The first-order chi connectivity index (χ1) is 7.43. The summed E-state index contributed by atoms with van der Waals surface area (Å²) in [5.41, 5.74) is -0.962. The van der Waals surface area contributed by atoms with Crippen molar-refractivity contribution >= 4 is 17.9 Å². The van der Waals surface area contributed by atoms with E-state index in [1.165, 1.54) is 12.1 Å². The molecule has 0 amide bonds. The number of ether oxygens (including phenoxy) is 1. The summed E-state index contributed by atoms with van der Waals surface area (Å²) in [6.07, 6.45) is 0. The molecule has 1 aromatic rings. The van der Waals surface area contributed by atoms with Crippen molar-refractivity contribution in [3.05, 3.63) is 29.3 Å². The number of carboxylic acids is 2. The number of carbonyl (C=O) groups excluding carboxylic acids is 1. The van der Waals surface area contributed by atoms with Crippen molar-refractivity contribution in [2.75, 3.05) is 0 Å². The minimum Gasteiger partial charge on any atom is -0.478 e. The predicted octanol–water partition coefficient (Wildman–Crippen LogP) is 1.01. The Bertz CT molecular complexity index is 462. The van der Waals surface area contributed by atoms with Gasteiger partial charge in [0.1, 0.15) is 11.3 Å². The maximum atomic E-state index is 10.9. The molecule has 0 bridgehead atoms. The number of carboxylic acid groups (broad SMARTS) is 2. The fourth-order valence-electron chi connectivity index (χ4n) is 1.17. The molecule has 0 aliphatic heterocycles. The number of esters is 1. The van der Waals surface area contributed by atoms with Crippen LogP contribution < -0.4 is 4.74 Å². The van der Waals surface area contributed by atoms with Crippen LogP contribution in [0.5, 0.6) is 5.75 Å². The number of rotatable bonds is 3. The lowest BCUT2D eigenvalue weighted by molar-refractivity contribution is -0.131. The first-order valence-corrected chi connectivity index (χ1v) is 4.21. The number of carbonyl (C=O) groups is 3. The lowest BCUT2D eigenvalue weighted by Crippen LogP contribution is -2.12. The normalized spacial score (nSPS) is 9.56. The molecule has 0 atom stereocenters. The van der Waals surface area contributed by atoms with Gasteiger partial charge in [-0.05, 0) is 12.1 Å². The van der Waals surface area contributed by atoms with Gasteiger partial charge in [0.05, 0.1) is 5.56 Å². The zero-order chi connectivity index (χ0) is 12.3. The van der Waals surface area contributed by atoms with Crippen LogP contribution in [0.3, 0.4) is 0 Å². The van der Waals surface area contributed by atoms with Gasteiger partial charge in [-0.2, -0.15) is 0 Å². The zero-order valence-corrected chi connectivity index (χ0v) is 8.26. The van der Waals surface area contributed by atoms with Crippen LogP contribution in [0.1, 0.15) is 27.6 Å². The third-order valence-corrected chi connectivity index (χ3v) is 1.72. The minimum atomic E-state index is -1.46. The molecule has 0 spiro atoms. The minimum absolute atomic E-state index is 0.278. The molecule has 1 aromatic carbocycles. The van der Waals surface area contributed by atoms with E-state index in [4.69, 9.17) is 10.2 Å². The van der Waals surface area contributed by atoms with Gasteiger partial charge in [0.25, 0.3) is 0 Å². The van der Waals surface area contributed by atoms with Gasteiger partial charge >= 0.3 is 17.9 Å². The van der Waals surface area contributed by atoms with Crippen LogP contribution in [0, 0.1) is 0 Å². The van der Waals surface area contributed by atoms with Crippen molar-refractivity contribution in [2.24, 2.45) is 0 Å². The molecule has 0 saturated carbocycles. The van der Waals surface area contributed by atoms with Gasteiger partial charge in [0.15, 0.2) is 0 Å². The highest BCUT2D eigenvalue weighted by molar-refractivity contribution is 6.04. The molecule has 16 heavy (non-hydrogen) atoms. The smallest absolute Gasteiger partial charge is 0.340 e. The molecule has 0 aliphatic carbocycles. The maximum absolute atomic E-state index is 10.9. The van der Waals surface area contributed by atoms with Crippen molar-refractivity contribution in [1.29, 1.82) is 0 Å². The molecule has 6 nitrogen and oxygen atoms in total.